The summed E-state index contributed by atoms with van der Waals surface area (Å²) >= 11 is 0. The summed E-state index contributed by atoms with van der Waals surface area (Å²) in [7, 11) is 2.89. The minimum Gasteiger partial charge on any atom is -0.496 e. The lowest BCUT2D eigenvalue weighted by atomic mass is 10.1. The number of methoxy groups -OCH3 is 2. The van der Waals surface area contributed by atoms with Gasteiger partial charge in [0.25, 0.3) is 5.91 Å². The maximum absolute atomic E-state index is 13.2. The number of rotatable bonds is 5. The molecular weight excluding hydrogens is 389 g/mol. The van der Waals surface area contributed by atoms with Gasteiger partial charge < -0.3 is 14.8 Å². The third kappa shape index (κ3) is 4.15. The quantitative estimate of drug-likeness (QED) is 0.696. The molecule has 0 saturated heterocycles. The van der Waals surface area contributed by atoms with Crippen LogP contribution in [0.2, 0.25) is 0 Å². The summed E-state index contributed by atoms with van der Waals surface area (Å²) in [6.07, 6.45) is -2.02. The van der Waals surface area contributed by atoms with Crippen molar-refractivity contribution in [3.05, 3.63) is 59.7 Å². The van der Waals surface area contributed by atoms with Crippen molar-refractivity contribution in [1.82, 2.24) is 14.8 Å². The molecule has 152 valence electrons. The molecule has 0 spiro atoms. The Bertz CT molecular complexity index is 1010. The molecule has 2 aromatic carbocycles. The molecule has 1 aromatic heterocycles. The molecule has 0 saturated carbocycles. The van der Waals surface area contributed by atoms with E-state index in [0.29, 0.717) is 17.1 Å². The number of amides is 1. The Morgan fingerprint density at radius 1 is 1.10 bits per heavy atom. The molecule has 0 atom stereocenters. The predicted molar refractivity (Wildman–Crippen MR) is 98.6 cm³/mol. The molecule has 0 fully saturated rings. The lowest BCUT2D eigenvalue weighted by Crippen LogP contribution is -2.16. The lowest BCUT2D eigenvalue weighted by Gasteiger charge is -2.16. The number of anilines is 1. The highest BCUT2D eigenvalue weighted by molar-refractivity contribution is 6.06. The summed E-state index contributed by atoms with van der Waals surface area (Å²) < 4.78 is 51.2. The molecule has 0 radical (unpaired) electrons. The first-order valence-corrected chi connectivity index (χ1v) is 8.34. The van der Waals surface area contributed by atoms with Gasteiger partial charge in [0.1, 0.15) is 24.2 Å². The van der Waals surface area contributed by atoms with Crippen LogP contribution in [0.15, 0.2) is 43.0 Å². The van der Waals surface area contributed by atoms with Crippen LogP contribution in [0.1, 0.15) is 21.5 Å². The normalized spacial score (nSPS) is 11.2. The largest absolute Gasteiger partial charge is 0.496 e. The Hall–Kier alpha value is -3.56. The van der Waals surface area contributed by atoms with Gasteiger partial charge in [0.15, 0.2) is 0 Å². The number of carbonyl (C=O) groups is 1. The number of aromatic nitrogens is 3. The van der Waals surface area contributed by atoms with Gasteiger partial charge in [-0.15, -0.1) is 0 Å². The number of alkyl halides is 3. The zero-order valence-electron chi connectivity index (χ0n) is 15.7. The highest BCUT2D eigenvalue weighted by Crippen LogP contribution is 2.34. The lowest BCUT2D eigenvalue weighted by molar-refractivity contribution is -0.137. The van der Waals surface area contributed by atoms with Crippen LogP contribution in [0.25, 0.3) is 5.69 Å². The molecule has 0 bridgehead atoms. The summed E-state index contributed by atoms with van der Waals surface area (Å²) in [6.45, 7) is 1.76. The summed E-state index contributed by atoms with van der Waals surface area (Å²) in [5, 5.41) is 6.43. The van der Waals surface area contributed by atoms with Gasteiger partial charge in [0.05, 0.1) is 31.2 Å². The summed E-state index contributed by atoms with van der Waals surface area (Å²) in [4.78, 5) is 16.6. The van der Waals surface area contributed by atoms with E-state index in [4.69, 9.17) is 9.47 Å². The van der Waals surface area contributed by atoms with Crippen LogP contribution >= 0.6 is 0 Å². The number of ether oxygens (including phenoxy) is 2. The predicted octanol–water partition coefficient (Wildman–Crippen LogP) is 3.86. The maximum Gasteiger partial charge on any atom is 0.416 e. The van der Waals surface area contributed by atoms with Crippen molar-refractivity contribution in [2.45, 2.75) is 13.1 Å². The van der Waals surface area contributed by atoms with Gasteiger partial charge in [0, 0.05) is 11.1 Å². The van der Waals surface area contributed by atoms with Crippen LogP contribution in [0.4, 0.5) is 18.9 Å². The van der Waals surface area contributed by atoms with E-state index in [2.05, 4.69) is 15.4 Å². The molecule has 3 rings (SSSR count). The van der Waals surface area contributed by atoms with Crippen LogP contribution in [0.5, 0.6) is 11.5 Å². The number of nitrogens with zero attached hydrogens (tertiary/aromatic N) is 3. The zero-order valence-corrected chi connectivity index (χ0v) is 15.7. The second kappa shape index (κ2) is 7.82. The highest BCUT2D eigenvalue weighted by atomic mass is 19.4. The molecule has 3 aromatic rings. The van der Waals surface area contributed by atoms with Crippen molar-refractivity contribution in [3.8, 4) is 17.2 Å². The van der Waals surface area contributed by atoms with Crippen molar-refractivity contribution in [2.24, 2.45) is 0 Å². The van der Waals surface area contributed by atoms with Crippen LogP contribution in [-0.4, -0.2) is 34.9 Å². The average molecular weight is 406 g/mol. The SMILES string of the molecule is COc1cc(C(=O)Nc2cc(C(F)(F)F)ccc2-n2cncn2)cc(OC)c1C. The molecule has 1 amide bonds. The standard InChI is InChI=1S/C19H17F3N4O3/c1-11-16(28-2)6-12(7-17(11)29-3)18(27)25-14-8-13(19(20,21)22)4-5-15(14)26-10-23-9-24-26/h4-10H,1-3H3,(H,25,27). The topological polar surface area (TPSA) is 78.3 Å². The molecule has 0 aliphatic carbocycles. The van der Waals surface area contributed by atoms with Crippen LogP contribution in [-0.2, 0) is 6.18 Å². The third-order valence-corrected chi connectivity index (χ3v) is 4.25. The van der Waals surface area contributed by atoms with E-state index < -0.39 is 17.6 Å². The van der Waals surface area contributed by atoms with Crippen LogP contribution in [0, 0.1) is 6.92 Å². The van der Waals surface area contributed by atoms with E-state index in [1.165, 1.54) is 49.8 Å². The van der Waals surface area contributed by atoms with Crippen molar-refractivity contribution in [1.29, 1.82) is 0 Å². The molecule has 1 heterocycles. The Balaban J connectivity index is 2.04. The Morgan fingerprint density at radius 3 is 2.28 bits per heavy atom. The Labute approximate surface area is 164 Å². The monoisotopic (exact) mass is 406 g/mol. The number of benzene rings is 2. The average Bonchev–Trinajstić information content (AvgIpc) is 3.22. The summed E-state index contributed by atoms with van der Waals surface area (Å²) in [6, 6.07) is 5.93. The molecule has 1 N–H and O–H groups in total. The molecular formula is C19H17F3N4O3. The van der Waals surface area contributed by atoms with E-state index >= 15 is 0 Å². The smallest absolute Gasteiger partial charge is 0.416 e. The van der Waals surface area contributed by atoms with Gasteiger partial charge in [-0.1, -0.05) is 0 Å². The van der Waals surface area contributed by atoms with Gasteiger partial charge in [-0.3, -0.25) is 4.79 Å². The maximum atomic E-state index is 13.2. The first kappa shape index (κ1) is 20.2. The fourth-order valence-corrected chi connectivity index (χ4v) is 2.76. The molecule has 0 aliphatic rings. The first-order chi connectivity index (χ1) is 13.7. The fourth-order valence-electron chi connectivity index (χ4n) is 2.76. The minimum atomic E-state index is -4.57. The van der Waals surface area contributed by atoms with E-state index in [0.717, 1.165) is 12.1 Å². The minimum absolute atomic E-state index is 0.0752. The Morgan fingerprint density at radius 2 is 1.76 bits per heavy atom. The Kier molecular flexibility index (Phi) is 5.44. The number of halogens is 3. The molecule has 0 unspecified atom stereocenters. The highest BCUT2D eigenvalue weighted by Gasteiger charge is 2.31. The van der Waals surface area contributed by atoms with Crippen molar-refractivity contribution in [3.63, 3.8) is 0 Å². The van der Waals surface area contributed by atoms with Gasteiger partial charge in [-0.2, -0.15) is 18.3 Å². The van der Waals surface area contributed by atoms with Gasteiger partial charge in [0.2, 0.25) is 0 Å². The summed E-state index contributed by atoms with van der Waals surface area (Å²) in [5.41, 5.74) is 0.0969. The van der Waals surface area contributed by atoms with Gasteiger partial charge in [-0.05, 0) is 37.3 Å². The third-order valence-electron chi connectivity index (χ3n) is 4.25. The second-order valence-corrected chi connectivity index (χ2v) is 6.03. The number of carbonyl (C=O) groups excluding carboxylic acids is 1. The number of nitrogens with one attached hydrogen (secondary N) is 1. The second-order valence-electron chi connectivity index (χ2n) is 6.03. The van der Waals surface area contributed by atoms with E-state index in [-0.39, 0.29) is 16.9 Å². The van der Waals surface area contributed by atoms with E-state index in [1.807, 2.05) is 0 Å². The molecule has 29 heavy (non-hydrogen) atoms. The first-order valence-electron chi connectivity index (χ1n) is 8.34. The molecule has 10 heteroatoms. The molecule has 7 nitrogen and oxygen atoms in total. The van der Waals surface area contributed by atoms with Crippen LogP contribution in [0.3, 0.4) is 0 Å². The van der Waals surface area contributed by atoms with Gasteiger partial charge >= 0.3 is 6.18 Å². The van der Waals surface area contributed by atoms with Crippen molar-refractivity contribution < 1.29 is 27.4 Å². The van der Waals surface area contributed by atoms with E-state index in [1.54, 1.807) is 6.92 Å². The summed E-state index contributed by atoms with van der Waals surface area (Å²) in [5.74, 6) is 0.187. The fraction of sp³-hybridized carbons (Fsp3) is 0.211. The number of hydrogen-bond acceptors (Lipinski definition) is 5. The van der Waals surface area contributed by atoms with Crippen molar-refractivity contribution >= 4 is 11.6 Å². The van der Waals surface area contributed by atoms with E-state index in [9.17, 15) is 18.0 Å². The van der Waals surface area contributed by atoms with Gasteiger partial charge in [-0.25, -0.2) is 9.67 Å². The van der Waals surface area contributed by atoms with Crippen LogP contribution < -0.4 is 14.8 Å². The zero-order chi connectivity index (χ0) is 21.2. The van der Waals surface area contributed by atoms with Crippen molar-refractivity contribution in [2.75, 3.05) is 19.5 Å². The number of hydrogen-bond donors (Lipinski definition) is 1. The molecule has 0 aliphatic heterocycles.